The van der Waals surface area contributed by atoms with Gasteiger partial charge in [-0.2, -0.15) is 0 Å². The van der Waals surface area contributed by atoms with E-state index in [1.165, 1.54) is 11.8 Å². The Bertz CT molecular complexity index is 689. The summed E-state index contributed by atoms with van der Waals surface area (Å²) in [5.41, 5.74) is -0.262. The topological polar surface area (TPSA) is 89.0 Å². The SMILES string of the molecule is O=C(CSc1n[nH]c(=O)n1CC1CCCO1)NCc1cccs1. The van der Waals surface area contributed by atoms with E-state index in [0.29, 0.717) is 18.2 Å². The number of aromatic nitrogens is 3. The summed E-state index contributed by atoms with van der Waals surface area (Å²) in [6, 6.07) is 3.93. The Morgan fingerprint density at radius 1 is 1.61 bits per heavy atom. The van der Waals surface area contributed by atoms with Crippen molar-refractivity contribution in [3.63, 3.8) is 0 Å². The summed E-state index contributed by atoms with van der Waals surface area (Å²) < 4.78 is 7.10. The molecule has 7 nitrogen and oxygen atoms in total. The quantitative estimate of drug-likeness (QED) is 0.730. The third-order valence-electron chi connectivity index (χ3n) is 3.51. The minimum absolute atomic E-state index is 0.0531. The Morgan fingerprint density at radius 3 is 3.26 bits per heavy atom. The first-order chi connectivity index (χ1) is 11.2. The van der Waals surface area contributed by atoms with E-state index in [0.717, 1.165) is 24.3 Å². The van der Waals surface area contributed by atoms with Gasteiger partial charge < -0.3 is 10.1 Å². The van der Waals surface area contributed by atoms with Crippen LogP contribution in [0.25, 0.3) is 0 Å². The number of thiophene rings is 1. The van der Waals surface area contributed by atoms with Crippen LogP contribution in [-0.2, 0) is 22.6 Å². The van der Waals surface area contributed by atoms with Crippen molar-refractivity contribution in [2.75, 3.05) is 12.4 Å². The van der Waals surface area contributed by atoms with Gasteiger partial charge in [0.1, 0.15) is 0 Å². The molecule has 23 heavy (non-hydrogen) atoms. The lowest BCUT2D eigenvalue weighted by atomic mass is 10.2. The maximum absolute atomic E-state index is 11.9. The number of thioether (sulfide) groups is 1. The molecule has 2 aromatic heterocycles. The highest BCUT2D eigenvalue weighted by molar-refractivity contribution is 7.99. The fraction of sp³-hybridized carbons (Fsp3) is 0.500. The molecule has 1 aliphatic rings. The molecule has 9 heteroatoms. The zero-order valence-electron chi connectivity index (χ0n) is 12.5. The molecule has 0 spiro atoms. The fourth-order valence-corrected chi connectivity index (χ4v) is 3.78. The predicted molar refractivity (Wildman–Crippen MR) is 88.7 cm³/mol. The zero-order valence-corrected chi connectivity index (χ0v) is 14.1. The number of carbonyl (C=O) groups excluding carboxylic acids is 1. The van der Waals surface area contributed by atoms with E-state index in [1.807, 2.05) is 17.5 Å². The number of H-pyrrole nitrogens is 1. The summed E-state index contributed by atoms with van der Waals surface area (Å²) in [7, 11) is 0. The average Bonchev–Trinajstić information content (AvgIpc) is 3.28. The van der Waals surface area contributed by atoms with E-state index >= 15 is 0 Å². The van der Waals surface area contributed by atoms with Gasteiger partial charge in [0.2, 0.25) is 5.91 Å². The van der Waals surface area contributed by atoms with Gasteiger partial charge in [-0.15, -0.1) is 16.4 Å². The third kappa shape index (κ3) is 4.46. The summed E-state index contributed by atoms with van der Waals surface area (Å²) in [6.45, 7) is 1.75. The lowest BCUT2D eigenvalue weighted by Gasteiger charge is -2.10. The van der Waals surface area contributed by atoms with E-state index in [9.17, 15) is 9.59 Å². The highest BCUT2D eigenvalue weighted by atomic mass is 32.2. The predicted octanol–water partition coefficient (Wildman–Crippen LogP) is 1.22. The molecule has 1 unspecified atom stereocenters. The second-order valence-corrected chi connectivity index (χ2v) is 7.18. The van der Waals surface area contributed by atoms with Crippen LogP contribution in [0.1, 0.15) is 17.7 Å². The molecule has 0 saturated carbocycles. The van der Waals surface area contributed by atoms with Crippen molar-refractivity contribution in [1.29, 1.82) is 0 Å². The first kappa shape index (κ1) is 16.3. The average molecular weight is 354 g/mol. The van der Waals surface area contributed by atoms with Crippen molar-refractivity contribution >= 4 is 29.0 Å². The number of nitrogens with zero attached hydrogens (tertiary/aromatic N) is 2. The van der Waals surface area contributed by atoms with Crippen LogP contribution in [0, 0.1) is 0 Å². The van der Waals surface area contributed by atoms with Crippen LogP contribution in [0.2, 0.25) is 0 Å². The summed E-state index contributed by atoms with van der Waals surface area (Å²) in [6.07, 6.45) is 2.02. The molecule has 1 atom stereocenters. The number of aromatic amines is 1. The van der Waals surface area contributed by atoms with Crippen molar-refractivity contribution in [3.8, 4) is 0 Å². The Labute approximate surface area is 141 Å². The number of hydrogen-bond donors (Lipinski definition) is 2. The molecule has 3 heterocycles. The lowest BCUT2D eigenvalue weighted by molar-refractivity contribution is -0.118. The molecule has 1 fully saturated rings. The van der Waals surface area contributed by atoms with Crippen molar-refractivity contribution in [3.05, 3.63) is 32.9 Å². The summed E-state index contributed by atoms with van der Waals surface area (Å²) in [5.74, 6) is 0.142. The molecule has 2 N–H and O–H groups in total. The van der Waals surface area contributed by atoms with Crippen LogP contribution in [-0.4, -0.2) is 39.1 Å². The molecule has 1 aliphatic heterocycles. The molecule has 0 radical (unpaired) electrons. The molecule has 0 aromatic carbocycles. The van der Waals surface area contributed by atoms with Gasteiger partial charge in [0.05, 0.1) is 24.9 Å². The number of rotatable bonds is 7. The van der Waals surface area contributed by atoms with E-state index in [-0.39, 0.29) is 23.5 Å². The van der Waals surface area contributed by atoms with Crippen LogP contribution in [0.4, 0.5) is 0 Å². The third-order valence-corrected chi connectivity index (χ3v) is 5.36. The maximum Gasteiger partial charge on any atom is 0.344 e. The number of nitrogens with one attached hydrogen (secondary N) is 2. The molecule has 0 aliphatic carbocycles. The van der Waals surface area contributed by atoms with Gasteiger partial charge in [-0.3, -0.25) is 9.36 Å². The molecule has 1 amide bonds. The second kappa shape index (κ2) is 7.80. The van der Waals surface area contributed by atoms with Crippen molar-refractivity contribution in [2.45, 2.75) is 37.2 Å². The summed E-state index contributed by atoms with van der Waals surface area (Å²) in [5, 5.41) is 11.8. The Morgan fingerprint density at radius 2 is 2.52 bits per heavy atom. The van der Waals surface area contributed by atoms with Crippen molar-refractivity contribution in [2.24, 2.45) is 0 Å². The van der Waals surface area contributed by atoms with Crippen LogP contribution in [0.3, 0.4) is 0 Å². The molecular weight excluding hydrogens is 336 g/mol. The van der Waals surface area contributed by atoms with Crippen LogP contribution in [0.5, 0.6) is 0 Å². The number of amides is 1. The molecule has 0 bridgehead atoms. The normalized spacial score (nSPS) is 17.5. The van der Waals surface area contributed by atoms with Crippen molar-refractivity contribution < 1.29 is 9.53 Å². The second-order valence-electron chi connectivity index (χ2n) is 5.20. The van der Waals surface area contributed by atoms with Crippen LogP contribution < -0.4 is 11.0 Å². The van der Waals surface area contributed by atoms with Gasteiger partial charge in [-0.25, -0.2) is 9.89 Å². The summed E-state index contributed by atoms with van der Waals surface area (Å²) in [4.78, 5) is 24.8. The minimum atomic E-state index is -0.262. The largest absolute Gasteiger partial charge is 0.376 e. The van der Waals surface area contributed by atoms with E-state index in [1.54, 1.807) is 15.9 Å². The van der Waals surface area contributed by atoms with Gasteiger partial charge in [0, 0.05) is 11.5 Å². The monoisotopic (exact) mass is 354 g/mol. The molecule has 1 saturated heterocycles. The van der Waals surface area contributed by atoms with Crippen LogP contribution >= 0.6 is 23.1 Å². The van der Waals surface area contributed by atoms with Gasteiger partial charge in [0.15, 0.2) is 5.16 Å². The minimum Gasteiger partial charge on any atom is -0.376 e. The molecular formula is C14H18N4O3S2. The van der Waals surface area contributed by atoms with Gasteiger partial charge >= 0.3 is 5.69 Å². The van der Waals surface area contributed by atoms with Gasteiger partial charge in [-0.05, 0) is 24.3 Å². The first-order valence-electron chi connectivity index (χ1n) is 7.41. The van der Waals surface area contributed by atoms with Gasteiger partial charge in [0.25, 0.3) is 0 Å². The number of hydrogen-bond acceptors (Lipinski definition) is 6. The zero-order chi connectivity index (χ0) is 16.1. The standard InChI is InChI=1S/C14H18N4O3S2/c19-12(15-7-11-4-2-6-22-11)9-23-14-17-16-13(20)18(14)8-10-3-1-5-21-10/h2,4,6,10H,1,3,5,7-9H2,(H,15,19)(H,16,20). The summed E-state index contributed by atoms with van der Waals surface area (Å²) >= 11 is 2.86. The Hall–Kier alpha value is -1.58. The molecule has 124 valence electrons. The molecule has 3 rings (SSSR count). The smallest absolute Gasteiger partial charge is 0.344 e. The highest BCUT2D eigenvalue weighted by Gasteiger charge is 2.20. The highest BCUT2D eigenvalue weighted by Crippen LogP contribution is 2.18. The fourth-order valence-electron chi connectivity index (χ4n) is 2.35. The lowest BCUT2D eigenvalue weighted by Crippen LogP contribution is -2.26. The first-order valence-corrected chi connectivity index (χ1v) is 9.27. The number of ether oxygens (including phenoxy) is 1. The number of carbonyl (C=O) groups is 1. The van der Waals surface area contributed by atoms with Crippen LogP contribution in [0.15, 0.2) is 27.5 Å². The van der Waals surface area contributed by atoms with E-state index in [4.69, 9.17) is 4.74 Å². The van der Waals surface area contributed by atoms with E-state index in [2.05, 4.69) is 15.5 Å². The maximum atomic E-state index is 11.9. The Kier molecular flexibility index (Phi) is 5.52. The molecule has 2 aromatic rings. The van der Waals surface area contributed by atoms with Crippen molar-refractivity contribution in [1.82, 2.24) is 20.1 Å². The Balaban J connectivity index is 1.51. The van der Waals surface area contributed by atoms with Gasteiger partial charge in [-0.1, -0.05) is 17.8 Å². The van der Waals surface area contributed by atoms with E-state index < -0.39 is 0 Å².